The van der Waals surface area contributed by atoms with E-state index in [1.807, 2.05) is 12.1 Å². The summed E-state index contributed by atoms with van der Waals surface area (Å²) in [5, 5.41) is 0.626. The summed E-state index contributed by atoms with van der Waals surface area (Å²) in [6.07, 6.45) is -9.85. The minimum absolute atomic E-state index is 0.105. The second-order valence-electron chi connectivity index (χ2n) is 13.4. The Kier molecular flexibility index (Phi) is 13.9. The number of rotatable bonds is 12. The molecule has 0 saturated carbocycles. The Bertz CT molecular complexity index is 1990. The van der Waals surface area contributed by atoms with E-state index in [1.165, 1.54) is 39.8 Å². The molecule has 0 bridgehead atoms. The predicted octanol–water partition coefficient (Wildman–Crippen LogP) is 2.23. The van der Waals surface area contributed by atoms with Crippen LogP contribution in [0.25, 0.3) is 15.3 Å². The Labute approximate surface area is 327 Å². The molecule has 2 aliphatic rings. The van der Waals surface area contributed by atoms with E-state index in [2.05, 4.69) is 0 Å². The van der Waals surface area contributed by atoms with E-state index in [-0.39, 0.29) is 32.5 Å². The van der Waals surface area contributed by atoms with E-state index in [9.17, 15) is 33.6 Å². The summed E-state index contributed by atoms with van der Waals surface area (Å²) in [5.74, 6) is -5.88. The molecule has 17 nitrogen and oxygen atoms in total. The number of aromatic nitrogens is 1. The van der Waals surface area contributed by atoms with Gasteiger partial charge in [0.15, 0.2) is 12.4 Å². The minimum Gasteiger partial charge on any atom is -0.463 e. The van der Waals surface area contributed by atoms with Gasteiger partial charge in [-0.2, -0.15) is 0 Å². The van der Waals surface area contributed by atoms with Crippen LogP contribution >= 0.6 is 0 Å². The van der Waals surface area contributed by atoms with Gasteiger partial charge in [0.1, 0.15) is 18.8 Å². The fourth-order valence-electron chi connectivity index (χ4n) is 6.57. The Morgan fingerprint density at radius 2 is 1.12 bits per heavy atom. The summed E-state index contributed by atoms with van der Waals surface area (Å²) in [7, 11) is 0. The monoisotopic (exact) mass is 849 g/mol. The van der Waals surface area contributed by atoms with Crippen LogP contribution in [0.1, 0.15) is 58.8 Å². The van der Waals surface area contributed by atoms with Gasteiger partial charge >= 0.3 is 218 Å². The third-order valence-corrected chi connectivity index (χ3v) is 11.4. The van der Waals surface area contributed by atoms with Crippen LogP contribution in [-0.4, -0.2) is 117 Å². The fourth-order valence-corrected chi connectivity index (χ4v) is 8.67. The van der Waals surface area contributed by atoms with Gasteiger partial charge < -0.3 is 18.9 Å². The molecule has 0 spiro atoms. The van der Waals surface area contributed by atoms with Crippen LogP contribution in [0.15, 0.2) is 53.3 Å². The Hall–Kier alpha value is -4.87. The summed E-state index contributed by atoms with van der Waals surface area (Å²) >= 11 is -0.291. The van der Waals surface area contributed by atoms with Gasteiger partial charge in [-0.25, -0.2) is 0 Å². The average molecular weight is 849 g/mol. The number of nitrogens with zero attached hydrogens (tertiary/aromatic N) is 1. The maximum atomic E-state index is 13.6. The SMILES string of the molecule is CC(=O)OCC1O[C@@H](OC(=O)c2ccc(-n3[se]c4ccccc4c3=O)cc2)C(OC(C)=O)[C@@H](C)[C@@H]1O[C@@H]1OC(COC(C)=O)[C@H](OC(C)=O)[C@H](C)C1OC(C)=O. The minimum atomic E-state index is -1.53. The van der Waals surface area contributed by atoms with Crippen molar-refractivity contribution in [1.29, 1.82) is 0 Å². The van der Waals surface area contributed by atoms with Crippen molar-refractivity contribution < 1.29 is 71.4 Å². The van der Waals surface area contributed by atoms with Crippen LogP contribution in [0.4, 0.5) is 0 Å². The van der Waals surface area contributed by atoms with Crippen molar-refractivity contribution in [3.05, 3.63) is 64.4 Å². The molecule has 10 atom stereocenters. The van der Waals surface area contributed by atoms with Gasteiger partial charge in [-0.05, 0) is 0 Å². The van der Waals surface area contributed by atoms with Crippen LogP contribution in [0.5, 0.6) is 0 Å². The van der Waals surface area contributed by atoms with E-state index in [4.69, 9.17) is 42.6 Å². The molecule has 5 rings (SSSR count). The van der Waals surface area contributed by atoms with Crippen molar-refractivity contribution in [3.8, 4) is 5.69 Å². The van der Waals surface area contributed by atoms with Crippen molar-refractivity contribution in [3.63, 3.8) is 0 Å². The van der Waals surface area contributed by atoms with Crippen LogP contribution < -0.4 is 5.56 Å². The van der Waals surface area contributed by atoms with Gasteiger partial charge in [-0.1, -0.05) is 6.92 Å². The van der Waals surface area contributed by atoms with Gasteiger partial charge in [0.25, 0.3) is 0 Å². The molecule has 302 valence electrons. The molecule has 0 radical (unpaired) electrons. The second kappa shape index (κ2) is 18.4. The van der Waals surface area contributed by atoms with E-state index in [0.717, 1.165) is 11.2 Å². The number of carbonyl (C=O) groups excluding carboxylic acids is 6. The smallest absolute Gasteiger partial charge is 0.463 e. The van der Waals surface area contributed by atoms with Crippen molar-refractivity contribution in [2.24, 2.45) is 11.8 Å². The molecule has 0 aliphatic carbocycles. The number of ether oxygens (including phenoxy) is 9. The Balaban J connectivity index is 1.41. The van der Waals surface area contributed by atoms with Gasteiger partial charge in [-0.15, -0.1) is 0 Å². The van der Waals surface area contributed by atoms with Gasteiger partial charge in [0, 0.05) is 33.6 Å². The summed E-state index contributed by atoms with van der Waals surface area (Å²) in [6.45, 7) is 8.36. The fraction of sp³-hybridized carbons (Fsp3) is 0.500. The van der Waals surface area contributed by atoms with Crippen molar-refractivity contribution >= 4 is 60.2 Å². The number of hydrogen-bond acceptors (Lipinski definition) is 16. The molecule has 2 aliphatic heterocycles. The van der Waals surface area contributed by atoms with Crippen LogP contribution in [-0.2, 0) is 66.6 Å². The number of benzene rings is 2. The zero-order valence-electron chi connectivity index (χ0n) is 31.7. The van der Waals surface area contributed by atoms with Gasteiger partial charge in [-0.3, -0.25) is 19.2 Å². The predicted molar refractivity (Wildman–Crippen MR) is 192 cm³/mol. The van der Waals surface area contributed by atoms with Crippen LogP contribution in [0.2, 0.25) is 0 Å². The van der Waals surface area contributed by atoms with Gasteiger partial charge in [0.2, 0.25) is 0 Å². The van der Waals surface area contributed by atoms with Crippen molar-refractivity contribution in [1.82, 2.24) is 3.56 Å². The second-order valence-corrected chi connectivity index (χ2v) is 15.4. The van der Waals surface area contributed by atoms with E-state index < -0.39 is 103 Å². The zero-order chi connectivity index (χ0) is 40.8. The first-order chi connectivity index (χ1) is 26.5. The Morgan fingerprint density at radius 3 is 1.68 bits per heavy atom. The van der Waals surface area contributed by atoms with E-state index in [1.54, 1.807) is 41.7 Å². The first kappa shape index (κ1) is 42.3. The molecule has 4 unspecified atom stereocenters. The van der Waals surface area contributed by atoms with E-state index in [0.29, 0.717) is 11.1 Å². The molecule has 1 aromatic heterocycles. The molecule has 3 heterocycles. The van der Waals surface area contributed by atoms with Crippen molar-refractivity contribution in [2.45, 2.75) is 97.7 Å². The summed E-state index contributed by atoms with van der Waals surface area (Å²) in [5.41, 5.74) is 0.551. The number of esters is 6. The Morgan fingerprint density at radius 1 is 0.625 bits per heavy atom. The molecular formula is C38H43NO16Se. The third-order valence-electron chi connectivity index (χ3n) is 9.11. The molecule has 56 heavy (non-hydrogen) atoms. The zero-order valence-corrected chi connectivity index (χ0v) is 33.4. The summed E-state index contributed by atoms with van der Waals surface area (Å²) in [6, 6.07) is 13.6. The normalized spacial score (nSPS) is 27.4. The van der Waals surface area contributed by atoms with Crippen LogP contribution in [0.3, 0.4) is 0 Å². The van der Waals surface area contributed by atoms with Crippen molar-refractivity contribution in [2.75, 3.05) is 13.2 Å². The molecule has 0 amide bonds. The molecule has 2 fully saturated rings. The molecule has 18 heteroatoms. The first-order valence-corrected chi connectivity index (χ1v) is 19.3. The maximum absolute atomic E-state index is 13.6. The van der Waals surface area contributed by atoms with Crippen LogP contribution in [0, 0.1) is 11.8 Å². The average Bonchev–Trinajstić information content (AvgIpc) is 3.47. The first-order valence-electron chi connectivity index (χ1n) is 17.7. The summed E-state index contributed by atoms with van der Waals surface area (Å²) in [4.78, 5) is 87.0. The molecule has 2 saturated heterocycles. The molecular weight excluding hydrogens is 805 g/mol. The molecule has 2 aromatic carbocycles. The standard InChI is InChI=1S/C38H43NO16Se/c1-18-31(49-22(5)42)28(16-47-20(3)40)52-37(33(18)50-23(6)43)54-32-19(2)34(51-24(7)44)38(53-29(32)17-48-21(4)41)55-36(46)25-12-14-26(15-13-25)39-35(45)27-10-8-9-11-30(27)56-39/h8-15,18-19,28-29,31-34,37-38H,16-17H2,1-7H3/t18-,19-,28?,29?,31+,32-,33?,34?,37-,38-/m0/s1. The number of hydrogen-bond donors (Lipinski definition) is 0. The van der Waals surface area contributed by atoms with E-state index >= 15 is 0 Å². The van der Waals surface area contributed by atoms with Gasteiger partial charge in [0.05, 0.1) is 0 Å². The third kappa shape index (κ3) is 10.1. The molecule has 0 N–H and O–H groups in total. The summed E-state index contributed by atoms with van der Waals surface area (Å²) < 4.78 is 54.3. The number of fused-ring (bicyclic) bond motifs is 1. The topological polar surface area (TPSA) is 207 Å². The molecule has 3 aromatic rings. The number of carbonyl (C=O) groups is 6. The quantitative estimate of drug-likeness (QED) is 0.146.